The van der Waals surface area contributed by atoms with Gasteiger partial charge in [-0.1, -0.05) is 24.3 Å². The molecule has 1 N–H and O–H groups in total. The topological polar surface area (TPSA) is 69.0 Å². The summed E-state index contributed by atoms with van der Waals surface area (Å²) in [5, 5.41) is 8.17. The highest BCUT2D eigenvalue weighted by Gasteiger charge is 2.07. The average Bonchev–Trinajstić information content (AvgIpc) is 3.00. The number of rotatable bonds is 6. The molecule has 0 saturated heterocycles. The van der Waals surface area contributed by atoms with Crippen molar-refractivity contribution in [1.82, 2.24) is 14.8 Å². The van der Waals surface area contributed by atoms with Gasteiger partial charge in [0.15, 0.2) is 5.82 Å². The number of hydrogen-bond donors (Lipinski definition) is 1. The van der Waals surface area contributed by atoms with E-state index in [2.05, 4.69) is 15.4 Å². The van der Waals surface area contributed by atoms with Gasteiger partial charge < -0.3 is 10.1 Å². The minimum absolute atomic E-state index is 0.0383. The third-order valence-electron chi connectivity index (χ3n) is 3.39. The van der Waals surface area contributed by atoms with Crippen LogP contribution < -0.4 is 5.32 Å². The summed E-state index contributed by atoms with van der Waals surface area (Å²) in [6.45, 7) is 2.99. The van der Waals surface area contributed by atoms with Gasteiger partial charge in [-0.25, -0.2) is 0 Å². The summed E-state index contributed by atoms with van der Waals surface area (Å²) in [5.41, 5.74) is 2.05. The lowest BCUT2D eigenvalue weighted by atomic mass is 10.1. The van der Waals surface area contributed by atoms with Crippen molar-refractivity contribution in [3.8, 4) is 0 Å². The fourth-order valence-corrected chi connectivity index (χ4v) is 2.36. The maximum atomic E-state index is 11.6. The molecule has 0 atom stereocenters. The van der Waals surface area contributed by atoms with Gasteiger partial charge in [0.1, 0.15) is 6.61 Å². The Morgan fingerprint density at radius 1 is 1.26 bits per heavy atom. The number of aromatic nitrogens is 3. The maximum Gasteiger partial charge on any atom is 0.251 e. The first kappa shape index (κ1) is 15.2. The van der Waals surface area contributed by atoms with Gasteiger partial charge in [0.25, 0.3) is 5.91 Å². The molecule has 0 bridgehead atoms. The van der Waals surface area contributed by atoms with Crippen molar-refractivity contribution in [2.24, 2.45) is 0 Å². The number of benzene rings is 1. The van der Waals surface area contributed by atoms with Crippen molar-refractivity contribution in [3.63, 3.8) is 0 Å². The molecule has 0 aliphatic rings. The number of fused-ring (bicyclic) bond motifs is 1. The molecule has 118 valence electrons. The summed E-state index contributed by atoms with van der Waals surface area (Å²) < 4.78 is 6.84. The Labute approximate surface area is 134 Å². The minimum Gasteiger partial charge on any atom is -0.372 e. The second-order valence-corrected chi connectivity index (χ2v) is 5.08. The highest BCUT2D eigenvalue weighted by atomic mass is 16.5. The number of amides is 1. The zero-order chi connectivity index (χ0) is 16.1. The number of ether oxygens (including phenoxy) is 1. The number of carbonyl (C=O) groups is 1. The van der Waals surface area contributed by atoms with E-state index in [1.54, 1.807) is 16.9 Å². The molecular formula is C17H18N4O2. The van der Waals surface area contributed by atoms with Crippen LogP contribution in [-0.4, -0.2) is 33.9 Å². The largest absolute Gasteiger partial charge is 0.372 e. The van der Waals surface area contributed by atoms with E-state index in [-0.39, 0.29) is 12.5 Å². The van der Waals surface area contributed by atoms with Gasteiger partial charge in [-0.05, 0) is 18.6 Å². The molecule has 6 heteroatoms. The number of pyridine rings is 1. The monoisotopic (exact) mass is 310 g/mol. The Morgan fingerprint density at radius 2 is 2.13 bits per heavy atom. The zero-order valence-electron chi connectivity index (χ0n) is 12.9. The van der Waals surface area contributed by atoms with Crippen molar-refractivity contribution in [2.75, 3.05) is 18.5 Å². The molecule has 0 unspecified atom stereocenters. The molecule has 3 aromatic rings. The molecule has 0 aliphatic heterocycles. The van der Waals surface area contributed by atoms with E-state index in [4.69, 9.17) is 4.74 Å². The molecule has 2 aromatic heterocycles. The number of hydrogen-bond acceptors (Lipinski definition) is 4. The van der Waals surface area contributed by atoms with Crippen LogP contribution in [0, 0.1) is 0 Å². The van der Waals surface area contributed by atoms with Gasteiger partial charge in [-0.15, -0.1) is 0 Å². The predicted molar refractivity (Wildman–Crippen MR) is 88.2 cm³/mol. The quantitative estimate of drug-likeness (QED) is 0.759. The summed E-state index contributed by atoms with van der Waals surface area (Å²) in [5.74, 6) is 0.312. The summed E-state index contributed by atoms with van der Waals surface area (Å²) in [4.78, 5) is 16.1. The molecular weight excluding hydrogens is 292 g/mol. The Kier molecular flexibility index (Phi) is 4.63. The van der Waals surface area contributed by atoms with E-state index in [9.17, 15) is 4.79 Å². The van der Waals surface area contributed by atoms with Gasteiger partial charge >= 0.3 is 0 Å². The van der Waals surface area contributed by atoms with E-state index in [0.717, 1.165) is 16.5 Å². The molecule has 1 aromatic carbocycles. The highest BCUT2D eigenvalue weighted by molar-refractivity contribution is 5.90. The Hall–Kier alpha value is -2.73. The lowest BCUT2D eigenvalue weighted by Gasteiger charge is -2.06. The molecule has 0 saturated carbocycles. The van der Waals surface area contributed by atoms with Gasteiger partial charge in [0, 0.05) is 30.5 Å². The summed E-state index contributed by atoms with van der Waals surface area (Å²) >= 11 is 0. The zero-order valence-corrected chi connectivity index (χ0v) is 12.9. The molecule has 0 spiro atoms. The molecule has 0 aliphatic carbocycles. The average molecular weight is 310 g/mol. The van der Waals surface area contributed by atoms with Crippen LogP contribution >= 0.6 is 0 Å². The van der Waals surface area contributed by atoms with E-state index in [1.165, 1.54) is 0 Å². The molecule has 6 nitrogen and oxygen atoms in total. The summed E-state index contributed by atoms with van der Waals surface area (Å²) in [7, 11) is 0. The molecule has 2 heterocycles. The minimum atomic E-state index is -0.205. The normalized spacial score (nSPS) is 10.8. The van der Waals surface area contributed by atoms with Crippen LogP contribution in [0.1, 0.15) is 12.5 Å². The molecule has 0 fully saturated rings. The molecule has 1 amide bonds. The van der Waals surface area contributed by atoms with Gasteiger partial charge in [0.2, 0.25) is 0 Å². The number of anilines is 1. The van der Waals surface area contributed by atoms with Crippen LogP contribution in [0.15, 0.2) is 48.8 Å². The standard InChI is InChI=1S/C17H18N4O2/c1-2-23-12-16(22)19-15-8-10-21(20-15)11-14-6-3-5-13-7-4-9-18-17(13)14/h3-10H,2,11-12H2,1H3,(H,19,20,22). The van der Waals surface area contributed by atoms with Crippen molar-refractivity contribution in [3.05, 3.63) is 54.4 Å². The van der Waals surface area contributed by atoms with E-state index in [0.29, 0.717) is 19.0 Å². The lowest BCUT2D eigenvalue weighted by molar-refractivity contribution is -0.120. The first-order valence-corrected chi connectivity index (χ1v) is 7.50. The van der Waals surface area contributed by atoms with Crippen LogP contribution in [0.3, 0.4) is 0 Å². The fourth-order valence-electron chi connectivity index (χ4n) is 2.36. The molecule has 3 rings (SSSR count). The number of para-hydroxylation sites is 1. The van der Waals surface area contributed by atoms with Crippen LogP contribution in [0.2, 0.25) is 0 Å². The van der Waals surface area contributed by atoms with Gasteiger partial charge in [-0.3, -0.25) is 14.5 Å². The first-order valence-electron chi connectivity index (χ1n) is 7.50. The van der Waals surface area contributed by atoms with E-state index < -0.39 is 0 Å². The van der Waals surface area contributed by atoms with Crippen LogP contribution in [0.25, 0.3) is 10.9 Å². The second-order valence-electron chi connectivity index (χ2n) is 5.08. The van der Waals surface area contributed by atoms with E-state index >= 15 is 0 Å². The third-order valence-corrected chi connectivity index (χ3v) is 3.39. The van der Waals surface area contributed by atoms with Crippen LogP contribution in [-0.2, 0) is 16.1 Å². The number of nitrogens with one attached hydrogen (secondary N) is 1. The van der Waals surface area contributed by atoms with Crippen molar-refractivity contribution in [1.29, 1.82) is 0 Å². The molecule has 23 heavy (non-hydrogen) atoms. The third kappa shape index (κ3) is 3.73. The predicted octanol–water partition coefficient (Wildman–Crippen LogP) is 2.45. The van der Waals surface area contributed by atoms with Crippen molar-refractivity contribution < 1.29 is 9.53 Å². The van der Waals surface area contributed by atoms with Crippen molar-refractivity contribution >= 4 is 22.6 Å². The van der Waals surface area contributed by atoms with Crippen LogP contribution in [0.5, 0.6) is 0 Å². The highest BCUT2D eigenvalue weighted by Crippen LogP contribution is 2.17. The lowest BCUT2D eigenvalue weighted by Crippen LogP contribution is -2.18. The Morgan fingerprint density at radius 3 is 3.00 bits per heavy atom. The maximum absolute atomic E-state index is 11.6. The fraction of sp³-hybridized carbons (Fsp3) is 0.235. The Bertz CT molecular complexity index is 808. The SMILES string of the molecule is CCOCC(=O)Nc1ccn(Cc2cccc3cccnc23)n1. The second kappa shape index (κ2) is 7.02. The first-order chi connectivity index (χ1) is 11.3. The van der Waals surface area contributed by atoms with Crippen LogP contribution in [0.4, 0.5) is 5.82 Å². The Balaban J connectivity index is 1.72. The number of carbonyl (C=O) groups excluding carboxylic acids is 1. The van der Waals surface area contributed by atoms with Gasteiger partial charge in [0.05, 0.1) is 12.1 Å². The number of nitrogens with zero attached hydrogens (tertiary/aromatic N) is 3. The van der Waals surface area contributed by atoms with Gasteiger partial charge in [-0.2, -0.15) is 5.10 Å². The van der Waals surface area contributed by atoms with Crippen molar-refractivity contribution in [2.45, 2.75) is 13.5 Å². The van der Waals surface area contributed by atoms with E-state index in [1.807, 2.05) is 43.5 Å². The summed E-state index contributed by atoms with van der Waals surface area (Å²) in [6.07, 6.45) is 3.62. The summed E-state index contributed by atoms with van der Waals surface area (Å²) in [6, 6.07) is 11.8. The molecule has 0 radical (unpaired) electrons. The smallest absolute Gasteiger partial charge is 0.251 e.